The third-order valence-corrected chi connectivity index (χ3v) is 3.11. The van der Waals surface area contributed by atoms with Crippen LogP contribution in [0.15, 0.2) is 0 Å². The van der Waals surface area contributed by atoms with Crippen molar-refractivity contribution in [1.29, 1.82) is 0 Å². The number of hydrogen-bond donors (Lipinski definition) is 1. The summed E-state index contributed by atoms with van der Waals surface area (Å²) in [6.07, 6.45) is -0.661. The van der Waals surface area contributed by atoms with Gasteiger partial charge >= 0.3 is 0 Å². The highest BCUT2D eigenvalue weighted by atomic mass is 19.2. The number of alkyl halides is 2. The van der Waals surface area contributed by atoms with Crippen LogP contribution in [0.2, 0.25) is 0 Å². The highest BCUT2D eigenvalue weighted by molar-refractivity contribution is 4.97. The van der Waals surface area contributed by atoms with E-state index in [0.29, 0.717) is 6.54 Å². The molecule has 4 heteroatoms. The van der Waals surface area contributed by atoms with Crippen LogP contribution in [0, 0.1) is 5.41 Å². The van der Waals surface area contributed by atoms with Crippen molar-refractivity contribution in [3.8, 4) is 0 Å². The zero-order chi connectivity index (χ0) is 9.47. The van der Waals surface area contributed by atoms with Gasteiger partial charge in [-0.3, -0.25) is 4.90 Å². The lowest BCUT2D eigenvalue weighted by atomic mass is 10.1. The van der Waals surface area contributed by atoms with Gasteiger partial charge in [0.25, 0.3) is 0 Å². The first kappa shape index (κ1) is 9.34. The number of rotatable bonds is 3. The second kappa shape index (κ2) is 3.17. The number of aliphatic hydroxyl groups is 1. The Labute approximate surface area is 76.5 Å². The van der Waals surface area contributed by atoms with Crippen LogP contribution < -0.4 is 0 Å². The standard InChI is InChI=1S/C9H15F2NO/c10-7-3-12(4-8(7)11)5-9(6-13)1-2-9/h7-8,13H,1-6H2/t7-,8+. The molecule has 2 atom stereocenters. The van der Waals surface area contributed by atoms with Crippen LogP contribution in [-0.2, 0) is 0 Å². The first-order valence-corrected chi connectivity index (χ1v) is 4.77. The highest BCUT2D eigenvalue weighted by Gasteiger charge is 2.45. The summed E-state index contributed by atoms with van der Waals surface area (Å²) in [6, 6.07) is 0. The fourth-order valence-electron chi connectivity index (χ4n) is 1.94. The molecule has 0 aromatic heterocycles. The van der Waals surface area contributed by atoms with Crippen LogP contribution in [0.3, 0.4) is 0 Å². The average molecular weight is 191 g/mol. The third kappa shape index (κ3) is 1.83. The minimum Gasteiger partial charge on any atom is -0.396 e. The lowest BCUT2D eigenvalue weighted by Gasteiger charge is -2.20. The van der Waals surface area contributed by atoms with Crippen LogP contribution >= 0.6 is 0 Å². The largest absolute Gasteiger partial charge is 0.396 e. The number of aliphatic hydroxyl groups excluding tert-OH is 1. The van der Waals surface area contributed by atoms with Crippen molar-refractivity contribution < 1.29 is 13.9 Å². The van der Waals surface area contributed by atoms with E-state index in [1.165, 1.54) is 0 Å². The molecule has 2 fully saturated rings. The zero-order valence-corrected chi connectivity index (χ0v) is 7.55. The quantitative estimate of drug-likeness (QED) is 0.711. The molecule has 1 saturated carbocycles. The molecule has 2 aliphatic rings. The first-order chi connectivity index (χ1) is 6.15. The molecule has 1 heterocycles. The van der Waals surface area contributed by atoms with E-state index in [1.807, 2.05) is 0 Å². The van der Waals surface area contributed by atoms with Crippen molar-refractivity contribution >= 4 is 0 Å². The minimum absolute atomic E-state index is 0.0240. The maximum absolute atomic E-state index is 12.8. The first-order valence-electron chi connectivity index (χ1n) is 4.77. The van der Waals surface area contributed by atoms with Crippen molar-refractivity contribution in [1.82, 2.24) is 4.90 Å². The van der Waals surface area contributed by atoms with Crippen LogP contribution in [0.5, 0.6) is 0 Å². The van der Waals surface area contributed by atoms with Gasteiger partial charge in [0.15, 0.2) is 0 Å². The van der Waals surface area contributed by atoms with E-state index in [1.54, 1.807) is 4.90 Å². The van der Waals surface area contributed by atoms with Gasteiger partial charge in [-0.25, -0.2) is 8.78 Å². The van der Waals surface area contributed by atoms with Gasteiger partial charge in [0.2, 0.25) is 0 Å². The van der Waals surface area contributed by atoms with Crippen molar-refractivity contribution in [3.05, 3.63) is 0 Å². The van der Waals surface area contributed by atoms with Crippen molar-refractivity contribution in [2.24, 2.45) is 5.41 Å². The monoisotopic (exact) mass is 191 g/mol. The molecule has 1 saturated heterocycles. The number of hydrogen-bond acceptors (Lipinski definition) is 2. The van der Waals surface area contributed by atoms with E-state index < -0.39 is 12.3 Å². The molecule has 0 aromatic carbocycles. The summed E-state index contributed by atoms with van der Waals surface area (Å²) in [5, 5.41) is 9.03. The summed E-state index contributed by atoms with van der Waals surface area (Å²) in [5.41, 5.74) is -0.0240. The van der Waals surface area contributed by atoms with E-state index >= 15 is 0 Å². The van der Waals surface area contributed by atoms with Gasteiger partial charge in [0, 0.05) is 31.7 Å². The Bertz CT molecular complexity index is 186. The predicted octanol–water partition coefficient (Wildman–Crippen LogP) is 0.751. The second-order valence-electron chi connectivity index (χ2n) is 4.38. The van der Waals surface area contributed by atoms with Gasteiger partial charge in [0.05, 0.1) is 0 Å². The molecule has 2 nitrogen and oxygen atoms in total. The van der Waals surface area contributed by atoms with Crippen molar-refractivity contribution in [2.45, 2.75) is 25.2 Å². The Balaban J connectivity index is 1.83. The van der Waals surface area contributed by atoms with E-state index in [-0.39, 0.29) is 25.1 Å². The number of likely N-dealkylation sites (tertiary alicyclic amines) is 1. The van der Waals surface area contributed by atoms with Gasteiger partial charge in [-0.15, -0.1) is 0 Å². The maximum Gasteiger partial charge on any atom is 0.145 e. The predicted molar refractivity (Wildman–Crippen MR) is 45.0 cm³/mol. The molecule has 0 radical (unpaired) electrons. The lowest BCUT2D eigenvalue weighted by Crippen LogP contribution is -2.30. The topological polar surface area (TPSA) is 23.5 Å². The molecule has 0 unspecified atom stereocenters. The van der Waals surface area contributed by atoms with Crippen LogP contribution in [0.4, 0.5) is 8.78 Å². The van der Waals surface area contributed by atoms with E-state index in [4.69, 9.17) is 5.11 Å². The maximum atomic E-state index is 12.8. The van der Waals surface area contributed by atoms with Gasteiger partial charge in [-0.1, -0.05) is 0 Å². The van der Waals surface area contributed by atoms with Gasteiger partial charge < -0.3 is 5.11 Å². The summed E-state index contributed by atoms with van der Waals surface area (Å²) in [6.45, 7) is 1.20. The minimum atomic E-state index is -1.32. The highest BCUT2D eigenvalue weighted by Crippen LogP contribution is 2.46. The molecule has 2 rings (SSSR count). The summed E-state index contributed by atoms with van der Waals surface area (Å²) < 4.78 is 25.6. The van der Waals surface area contributed by atoms with Gasteiger partial charge in [-0.05, 0) is 12.8 Å². The summed E-state index contributed by atoms with van der Waals surface area (Å²) in [5.74, 6) is 0. The number of halogens is 2. The summed E-state index contributed by atoms with van der Waals surface area (Å²) in [7, 11) is 0. The number of nitrogens with zero attached hydrogens (tertiary/aromatic N) is 1. The molecular weight excluding hydrogens is 176 g/mol. The second-order valence-corrected chi connectivity index (χ2v) is 4.38. The van der Waals surface area contributed by atoms with Crippen LogP contribution in [0.1, 0.15) is 12.8 Å². The Morgan fingerprint density at radius 3 is 2.15 bits per heavy atom. The molecule has 0 spiro atoms. The Kier molecular flexibility index (Phi) is 2.28. The molecule has 1 aliphatic carbocycles. The fourth-order valence-corrected chi connectivity index (χ4v) is 1.94. The molecule has 13 heavy (non-hydrogen) atoms. The Morgan fingerprint density at radius 1 is 1.23 bits per heavy atom. The average Bonchev–Trinajstić information content (AvgIpc) is 2.78. The van der Waals surface area contributed by atoms with E-state index in [9.17, 15) is 8.78 Å². The van der Waals surface area contributed by atoms with E-state index in [2.05, 4.69) is 0 Å². The van der Waals surface area contributed by atoms with E-state index in [0.717, 1.165) is 12.8 Å². The smallest absolute Gasteiger partial charge is 0.145 e. The molecule has 76 valence electrons. The van der Waals surface area contributed by atoms with Crippen molar-refractivity contribution in [3.63, 3.8) is 0 Å². The third-order valence-electron chi connectivity index (χ3n) is 3.11. The molecule has 0 amide bonds. The summed E-state index contributed by atoms with van der Waals surface area (Å²) >= 11 is 0. The van der Waals surface area contributed by atoms with Crippen LogP contribution in [0.25, 0.3) is 0 Å². The lowest BCUT2D eigenvalue weighted by molar-refractivity contribution is 0.157. The van der Waals surface area contributed by atoms with Crippen molar-refractivity contribution in [2.75, 3.05) is 26.2 Å². The Morgan fingerprint density at radius 2 is 1.77 bits per heavy atom. The Hall–Kier alpha value is -0.220. The molecule has 0 aromatic rings. The van der Waals surface area contributed by atoms with Gasteiger partial charge in [0.1, 0.15) is 12.3 Å². The SMILES string of the molecule is OCC1(CN2C[C@@H](F)[C@@H](F)C2)CC1. The van der Waals surface area contributed by atoms with Gasteiger partial charge in [-0.2, -0.15) is 0 Å². The molecule has 0 bridgehead atoms. The zero-order valence-electron chi connectivity index (χ0n) is 7.55. The molecule has 1 N–H and O–H groups in total. The van der Waals surface area contributed by atoms with Crippen LogP contribution in [-0.4, -0.2) is 48.6 Å². The molecule has 1 aliphatic heterocycles. The molecular formula is C9H15F2NO. The summed E-state index contributed by atoms with van der Waals surface area (Å²) in [4.78, 5) is 1.79. The normalized spacial score (nSPS) is 38.1. The fraction of sp³-hybridized carbons (Fsp3) is 1.00.